The third-order valence-corrected chi connectivity index (χ3v) is 4.78. The van der Waals surface area contributed by atoms with Gasteiger partial charge in [-0.15, -0.1) is 0 Å². The number of aliphatic hydroxyl groups is 1. The average Bonchev–Trinajstić information content (AvgIpc) is 2.40. The maximum absolute atomic E-state index is 11.4. The molecule has 2 unspecified atom stereocenters. The first-order valence-electron chi connectivity index (χ1n) is 5.40. The fraction of sp³-hybridized carbons (Fsp3) is 0.909. The quantitative estimate of drug-likeness (QED) is 0.790. The molecule has 1 saturated heterocycles. The van der Waals surface area contributed by atoms with Crippen molar-refractivity contribution in [2.45, 2.75) is 39.7 Å². The van der Waals surface area contributed by atoms with E-state index in [-0.39, 0.29) is 23.3 Å². The van der Waals surface area contributed by atoms with Gasteiger partial charge in [0.15, 0.2) is 9.84 Å². The maximum Gasteiger partial charge on any atom is 0.152 e. The lowest BCUT2D eigenvalue weighted by atomic mass is 9.76. The highest BCUT2D eigenvalue weighted by molar-refractivity contribution is 7.91. The fourth-order valence-corrected chi connectivity index (χ4v) is 4.08. The van der Waals surface area contributed by atoms with Crippen molar-refractivity contribution >= 4 is 9.84 Å². The molecular formula is C11H19NO3S. The van der Waals surface area contributed by atoms with Crippen molar-refractivity contribution in [1.29, 1.82) is 5.26 Å². The smallest absolute Gasteiger partial charge is 0.152 e. The first-order chi connectivity index (χ1) is 7.10. The van der Waals surface area contributed by atoms with E-state index in [2.05, 4.69) is 0 Å². The summed E-state index contributed by atoms with van der Waals surface area (Å²) in [5.41, 5.74) is -1.21. The molecule has 0 aromatic heterocycles. The summed E-state index contributed by atoms with van der Waals surface area (Å²) in [6.45, 7) is 5.89. The zero-order chi connectivity index (χ0) is 12.6. The van der Waals surface area contributed by atoms with Gasteiger partial charge in [0, 0.05) is 0 Å². The summed E-state index contributed by atoms with van der Waals surface area (Å²) in [7, 11) is -3.15. The summed E-state index contributed by atoms with van der Waals surface area (Å²) in [5, 5.41) is 19.2. The Morgan fingerprint density at radius 2 is 2.06 bits per heavy atom. The molecule has 1 aliphatic rings. The minimum atomic E-state index is -3.15. The molecule has 0 aliphatic carbocycles. The number of nitriles is 1. The number of hydrogen-bond acceptors (Lipinski definition) is 4. The molecule has 2 atom stereocenters. The molecule has 1 aliphatic heterocycles. The van der Waals surface area contributed by atoms with Gasteiger partial charge in [-0.1, -0.05) is 20.8 Å². The molecule has 5 heteroatoms. The number of hydrogen-bond donors (Lipinski definition) is 1. The summed E-state index contributed by atoms with van der Waals surface area (Å²) in [5.74, 6) is -0.185. The Labute approximate surface area is 97.2 Å². The van der Waals surface area contributed by atoms with Crippen LogP contribution in [0.5, 0.6) is 0 Å². The second kappa shape index (κ2) is 4.01. The molecule has 0 saturated carbocycles. The van der Waals surface area contributed by atoms with Gasteiger partial charge in [0.1, 0.15) is 0 Å². The van der Waals surface area contributed by atoms with Gasteiger partial charge in [0.05, 0.1) is 29.1 Å². The zero-order valence-electron chi connectivity index (χ0n) is 10.0. The molecule has 1 rings (SSSR count). The lowest BCUT2D eigenvalue weighted by Crippen LogP contribution is -2.37. The van der Waals surface area contributed by atoms with Crippen molar-refractivity contribution in [2.24, 2.45) is 10.8 Å². The highest BCUT2D eigenvalue weighted by atomic mass is 32.2. The van der Waals surface area contributed by atoms with E-state index in [0.29, 0.717) is 6.42 Å². The van der Waals surface area contributed by atoms with Crippen LogP contribution in [-0.4, -0.2) is 31.1 Å². The number of rotatable bonds is 2. The van der Waals surface area contributed by atoms with Crippen LogP contribution in [-0.2, 0) is 9.84 Å². The van der Waals surface area contributed by atoms with Crippen LogP contribution in [0, 0.1) is 22.2 Å². The van der Waals surface area contributed by atoms with Gasteiger partial charge in [-0.05, 0) is 18.3 Å². The standard InChI is InChI=1S/C11H19NO3S/c1-10(2,3)6-9(13)11(7-12)4-5-16(14,15)8-11/h9,13H,4-6,8H2,1-3H3. The Hall–Kier alpha value is -0.600. The van der Waals surface area contributed by atoms with E-state index in [1.807, 2.05) is 26.8 Å². The van der Waals surface area contributed by atoms with Crippen molar-refractivity contribution < 1.29 is 13.5 Å². The van der Waals surface area contributed by atoms with E-state index in [9.17, 15) is 13.5 Å². The Morgan fingerprint density at radius 1 is 1.50 bits per heavy atom. The molecule has 16 heavy (non-hydrogen) atoms. The monoisotopic (exact) mass is 245 g/mol. The van der Waals surface area contributed by atoms with Crippen molar-refractivity contribution in [3.63, 3.8) is 0 Å². The highest BCUT2D eigenvalue weighted by Crippen LogP contribution is 2.39. The molecule has 4 nitrogen and oxygen atoms in total. The van der Waals surface area contributed by atoms with E-state index in [4.69, 9.17) is 5.26 Å². The molecule has 1 N–H and O–H groups in total. The van der Waals surface area contributed by atoms with Crippen molar-refractivity contribution in [3.8, 4) is 6.07 Å². The molecule has 0 aromatic rings. The zero-order valence-corrected chi connectivity index (χ0v) is 10.8. The predicted molar refractivity (Wildman–Crippen MR) is 61.4 cm³/mol. The minimum absolute atomic E-state index is 0.0156. The second-order valence-electron chi connectivity index (χ2n) is 5.89. The topological polar surface area (TPSA) is 78.2 Å². The first kappa shape index (κ1) is 13.5. The highest BCUT2D eigenvalue weighted by Gasteiger charge is 2.48. The van der Waals surface area contributed by atoms with Crippen LogP contribution in [0.25, 0.3) is 0 Å². The van der Waals surface area contributed by atoms with E-state index in [0.717, 1.165) is 0 Å². The third-order valence-electron chi connectivity index (χ3n) is 3.00. The number of sulfone groups is 1. The molecule has 0 radical (unpaired) electrons. The summed E-state index contributed by atoms with van der Waals surface area (Å²) in [6.07, 6.45) is -0.172. The van der Waals surface area contributed by atoms with Crippen LogP contribution in [0.2, 0.25) is 0 Å². The van der Waals surface area contributed by atoms with Gasteiger partial charge in [0.25, 0.3) is 0 Å². The second-order valence-corrected chi connectivity index (χ2v) is 8.07. The predicted octanol–water partition coefficient (Wildman–Crippen LogP) is 1.11. The Kier molecular flexibility index (Phi) is 3.37. The van der Waals surface area contributed by atoms with Crippen molar-refractivity contribution in [1.82, 2.24) is 0 Å². The summed E-state index contributed by atoms with van der Waals surface area (Å²) < 4.78 is 22.8. The van der Waals surface area contributed by atoms with E-state index in [1.165, 1.54) is 0 Å². The van der Waals surface area contributed by atoms with Gasteiger partial charge in [-0.25, -0.2) is 8.42 Å². The van der Waals surface area contributed by atoms with Crippen LogP contribution in [0.4, 0.5) is 0 Å². The van der Waals surface area contributed by atoms with Gasteiger partial charge in [-0.2, -0.15) is 5.26 Å². The Balaban J connectivity index is 2.88. The van der Waals surface area contributed by atoms with Gasteiger partial charge in [-0.3, -0.25) is 0 Å². The van der Waals surface area contributed by atoms with Crippen LogP contribution in [0.3, 0.4) is 0 Å². The molecule has 0 spiro atoms. The van der Waals surface area contributed by atoms with E-state index >= 15 is 0 Å². The Bertz CT molecular complexity index is 402. The van der Waals surface area contributed by atoms with E-state index < -0.39 is 21.4 Å². The third kappa shape index (κ3) is 2.96. The largest absolute Gasteiger partial charge is 0.391 e. The maximum atomic E-state index is 11.4. The van der Waals surface area contributed by atoms with Gasteiger partial charge >= 0.3 is 0 Å². The average molecular weight is 245 g/mol. The first-order valence-corrected chi connectivity index (χ1v) is 7.22. The SMILES string of the molecule is CC(C)(C)CC(O)C1(C#N)CCS(=O)(=O)C1. The van der Waals surface area contributed by atoms with E-state index in [1.54, 1.807) is 0 Å². The molecule has 92 valence electrons. The van der Waals surface area contributed by atoms with Crippen LogP contribution in [0.1, 0.15) is 33.6 Å². The molecule has 1 heterocycles. The number of nitrogens with zero attached hydrogens (tertiary/aromatic N) is 1. The summed E-state index contributed by atoms with van der Waals surface area (Å²) in [4.78, 5) is 0. The molecule has 1 fully saturated rings. The van der Waals surface area contributed by atoms with Gasteiger partial charge < -0.3 is 5.11 Å². The van der Waals surface area contributed by atoms with Crippen LogP contribution >= 0.6 is 0 Å². The molecule has 0 amide bonds. The van der Waals surface area contributed by atoms with Gasteiger partial charge in [0.2, 0.25) is 0 Å². The fourth-order valence-electron chi connectivity index (χ4n) is 2.08. The van der Waals surface area contributed by atoms with Crippen LogP contribution < -0.4 is 0 Å². The summed E-state index contributed by atoms with van der Waals surface area (Å²) in [6, 6.07) is 2.03. The van der Waals surface area contributed by atoms with Crippen molar-refractivity contribution in [3.05, 3.63) is 0 Å². The summed E-state index contributed by atoms with van der Waals surface area (Å²) >= 11 is 0. The normalized spacial score (nSPS) is 30.9. The minimum Gasteiger partial charge on any atom is -0.391 e. The Morgan fingerprint density at radius 3 is 2.38 bits per heavy atom. The molecule has 0 aromatic carbocycles. The number of aliphatic hydroxyl groups excluding tert-OH is 1. The lowest BCUT2D eigenvalue weighted by molar-refractivity contribution is 0.0423. The van der Waals surface area contributed by atoms with Crippen molar-refractivity contribution in [2.75, 3.05) is 11.5 Å². The lowest BCUT2D eigenvalue weighted by Gasteiger charge is -2.31. The molecule has 0 bridgehead atoms. The molecular weight excluding hydrogens is 226 g/mol. The van der Waals surface area contributed by atoms with Crippen LogP contribution in [0.15, 0.2) is 0 Å².